The molecular weight excluding hydrogens is 346 g/mol. The van der Waals surface area contributed by atoms with Gasteiger partial charge in [-0.15, -0.1) is 0 Å². The molecule has 2 atom stereocenters. The van der Waals surface area contributed by atoms with E-state index in [1.165, 1.54) is 17.7 Å². The van der Waals surface area contributed by atoms with Crippen LogP contribution in [0.5, 0.6) is 11.5 Å². The van der Waals surface area contributed by atoms with Crippen LogP contribution in [0.2, 0.25) is 0 Å². The summed E-state index contributed by atoms with van der Waals surface area (Å²) in [6.45, 7) is 0. The maximum atomic E-state index is 13.2. The van der Waals surface area contributed by atoms with Gasteiger partial charge in [0.15, 0.2) is 0 Å². The van der Waals surface area contributed by atoms with Crippen molar-refractivity contribution in [3.63, 3.8) is 0 Å². The van der Waals surface area contributed by atoms with Gasteiger partial charge in [0.05, 0.1) is 18.9 Å². The second kappa shape index (κ2) is 7.06. The van der Waals surface area contributed by atoms with Gasteiger partial charge in [0.1, 0.15) is 17.6 Å². The van der Waals surface area contributed by atoms with Crippen molar-refractivity contribution in [1.29, 1.82) is 0 Å². The van der Waals surface area contributed by atoms with E-state index in [0.29, 0.717) is 11.3 Å². The summed E-state index contributed by atoms with van der Waals surface area (Å²) in [6, 6.07) is 5.41. The van der Waals surface area contributed by atoms with Crippen molar-refractivity contribution in [3.05, 3.63) is 52.7 Å². The number of amides is 1. The second-order valence-corrected chi connectivity index (χ2v) is 7.20. The number of nitrogens with zero attached hydrogens (tertiary/aromatic N) is 3. The van der Waals surface area contributed by atoms with E-state index in [1.54, 1.807) is 25.6 Å². The van der Waals surface area contributed by atoms with Crippen molar-refractivity contribution in [2.75, 3.05) is 7.11 Å². The molecule has 142 valence electrons. The third-order valence-electron chi connectivity index (χ3n) is 5.50. The monoisotopic (exact) mass is 369 g/mol. The molecule has 2 aliphatic rings. The molecule has 0 aliphatic carbocycles. The zero-order valence-corrected chi connectivity index (χ0v) is 15.5. The van der Waals surface area contributed by atoms with Crippen LogP contribution in [-0.4, -0.2) is 45.7 Å². The predicted molar refractivity (Wildman–Crippen MR) is 99.1 cm³/mol. The fourth-order valence-corrected chi connectivity index (χ4v) is 4.25. The van der Waals surface area contributed by atoms with E-state index >= 15 is 0 Å². The number of carbonyl (C=O) groups excluding carboxylic acids is 1. The van der Waals surface area contributed by atoms with Gasteiger partial charge in [-0.05, 0) is 25.0 Å². The van der Waals surface area contributed by atoms with Gasteiger partial charge in [0.25, 0.3) is 11.5 Å². The first-order valence-electron chi connectivity index (χ1n) is 9.21. The number of piperidine rings is 1. The maximum absolute atomic E-state index is 13.2. The summed E-state index contributed by atoms with van der Waals surface area (Å²) in [5, 5.41) is 0. The van der Waals surface area contributed by atoms with Crippen LogP contribution in [0.4, 0.5) is 0 Å². The fraction of sp³-hybridized carbons (Fsp3) is 0.450. The molecule has 4 rings (SSSR count). The lowest BCUT2D eigenvalue weighted by Crippen LogP contribution is -2.49. The number of pyridine rings is 2. The van der Waals surface area contributed by atoms with Gasteiger partial charge in [-0.2, -0.15) is 0 Å². The molecule has 2 unspecified atom stereocenters. The Morgan fingerprint density at radius 1 is 1.26 bits per heavy atom. The minimum atomic E-state index is -0.199. The van der Waals surface area contributed by atoms with E-state index in [2.05, 4.69) is 4.98 Å². The number of carbonyl (C=O) groups is 1. The Balaban J connectivity index is 1.54. The van der Waals surface area contributed by atoms with Crippen molar-refractivity contribution in [2.45, 2.75) is 43.9 Å². The Kier molecular flexibility index (Phi) is 4.59. The molecule has 0 spiro atoms. The molecule has 7 nitrogen and oxygen atoms in total. The molecular formula is C20H23N3O4. The number of ether oxygens (including phenoxy) is 2. The summed E-state index contributed by atoms with van der Waals surface area (Å²) in [7, 11) is 3.12. The molecule has 2 aliphatic heterocycles. The number of aryl methyl sites for hydroxylation is 1. The van der Waals surface area contributed by atoms with Crippen LogP contribution in [0.1, 0.15) is 36.0 Å². The average molecular weight is 369 g/mol. The SMILES string of the molecule is COc1cc(=O)n(C)cc1C(=O)N1C2CCC1CC(Oc1cccnc1)C2. The van der Waals surface area contributed by atoms with Crippen molar-refractivity contribution >= 4 is 5.91 Å². The summed E-state index contributed by atoms with van der Waals surface area (Å²) in [6.07, 6.45) is 8.62. The molecule has 0 aromatic carbocycles. The standard InChI is InChI=1S/C20H23N3O4/c1-22-12-17(18(26-2)10-19(22)24)20(25)23-13-5-6-14(23)9-16(8-13)27-15-4-3-7-21-11-15/h3-4,7,10-14,16H,5-6,8-9H2,1-2H3. The Labute approximate surface area is 157 Å². The Morgan fingerprint density at radius 3 is 2.63 bits per heavy atom. The molecule has 2 fully saturated rings. The largest absolute Gasteiger partial charge is 0.496 e. The average Bonchev–Trinajstić information content (AvgIpc) is 2.94. The maximum Gasteiger partial charge on any atom is 0.259 e. The Bertz CT molecular complexity index is 882. The highest BCUT2D eigenvalue weighted by molar-refractivity contribution is 5.97. The fourth-order valence-electron chi connectivity index (χ4n) is 4.25. The van der Waals surface area contributed by atoms with E-state index < -0.39 is 0 Å². The van der Waals surface area contributed by atoms with Crippen molar-refractivity contribution < 1.29 is 14.3 Å². The predicted octanol–water partition coefficient (Wildman–Crippen LogP) is 2.00. The minimum Gasteiger partial charge on any atom is -0.496 e. The highest BCUT2D eigenvalue weighted by Gasteiger charge is 2.44. The lowest BCUT2D eigenvalue weighted by Gasteiger charge is -2.39. The summed E-state index contributed by atoms with van der Waals surface area (Å²) in [4.78, 5) is 31.1. The number of methoxy groups -OCH3 is 1. The zero-order chi connectivity index (χ0) is 19.0. The lowest BCUT2D eigenvalue weighted by molar-refractivity contribution is 0.0355. The van der Waals surface area contributed by atoms with Crippen LogP contribution in [0.3, 0.4) is 0 Å². The third-order valence-corrected chi connectivity index (χ3v) is 5.50. The smallest absolute Gasteiger partial charge is 0.259 e. The summed E-state index contributed by atoms with van der Waals surface area (Å²) in [5.74, 6) is 1.02. The molecule has 2 aromatic heterocycles. The highest BCUT2D eigenvalue weighted by Crippen LogP contribution is 2.38. The van der Waals surface area contributed by atoms with Crippen LogP contribution in [0.15, 0.2) is 41.6 Å². The lowest BCUT2D eigenvalue weighted by atomic mass is 9.98. The van der Waals surface area contributed by atoms with Gasteiger partial charge in [-0.25, -0.2) is 0 Å². The third kappa shape index (κ3) is 3.29. The first-order chi connectivity index (χ1) is 13.1. The number of rotatable bonds is 4. The van der Waals surface area contributed by atoms with Crippen LogP contribution < -0.4 is 15.0 Å². The van der Waals surface area contributed by atoms with E-state index in [0.717, 1.165) is 31.4 Å². The van der Waals surface area contributed by atoms with Crippen LogP contribution in [0.25, 0.3) is 0 Å². The molecule has 7 heteroatoms. The van der Waals surface area contributed by atoms with E-state index in [-0.39, 0.29) is 29.7 Å². The zero-order valence-electron chi connectivity index (χ0n) is 15.5. The molecule has 0 N–H and O–H groups in total. The molecule has 2 saturated heterocycles. The van der Waals surface area contributed by atoms with Crippen LogP contribution in [-0.2, 0) is 7.05 Å². The first-order valence-corrected chi connectivity index (χ1v) is 9.21. The van der Waals surface area contributed by atoms with E-state index in [4.69, 9.17) is 9.47 Å². The molecule has 2 aromatic rings. The van der Waals surface area contributed by atoms with Gasteiger partial charge < -0.3 is 18.9 Å². The minimum absolute atomic E-state index is 0.0743. The van der Waals surface area contributed by atoms with Gasteiger partial charge in [0.2, 0.25) is 0 Å². The quantitative estimate of drug-likeness (QED) is 0.824. The van der Waals surface area contributed by atoms with Crippen molar-refractivity contribution in [2.24, 2.45) is 7.05 Å². The Morgan fingerprint density at radius 2 is 2.00 bits per heavy atom. The van der Waals surface area contributed by atoms with Crippen LogP contribution >= 0.6 is 0 Å². The number of hydrogen-bond donors (Lipinski definition) is 0. The number of aromatic nitrogens is 2. The summed E-state index contributed by atoms with van der Waals surface area (Å²) >= 11 is 0. The van der Waals surface area contributed by atoms with Gasteiger partial charge in [0, 0.05) is 50.4 Å². The van der Waals surface area contributed by atoms with Gasteiger partial charge >= 0.3 is 0 Å². The number of fused-ring (bicyclic) bond motifs is 2. The summed E-state index contributed by atoms with van der Waals surface area (Å²) < 4.78 is 12.8. The van der Waals surface area contributed by atoms with Gasteiger partial charge in [-0.1, -0.05) is 0 Å². The molecule has 27 heavy (non-hydrogen) atoms. The highest BCUT2D eigenvalue weighted by atomic mass is 16.5. The molecule has 0 radical (unpaired) electrons. The second-order valence-electron chi connectivity index (χ2n) is 7.20. The van der Waals surface area contributed by atoms with E-state index in [9.17, 15) is 9.59 Å². The Hall–Kier alpha value is -2.83. The molecule has 4 heterocycles. The summed E-state index contributed by atoms with van der Waals surface area (Å²) in [5.41, 5.74) is 0.234. The number of hydrogen-bond acceptors (Lipinski definition) is 5. The topological polar surface area (TPSA) is 73.7 Å². The van der Waals surface area contributed by atoms with Crippen LogP contribution in [0, 0.1) is 0 Å². The first kappa shape index (κ1) is 17.6. The molecule has 1 amide bonds. The molecule has 0 saturated carbocycles. The van der Waals surface area contributed by atoms with Gasteiger partial charge in [-0.3, -0.25) is 14.6 Å². The molecule has 2 bridgehead atoms. The van der Waals surface area contributed by atoms with Crippen molar-refractivity contribution in [1.82, 2.24) is 14.5 Å². The van der Waals surface area contributed by atoms with E-state index in [1.807, 2.05) is 17.0 Å². The van der Waals surface area contributed by atoms with Crippen molar-refractivity contribution in [3.8, 4) is 11.5 Å². The normalized spacial score (nSPS) is 23.9.